The molecule has 0 saturated heterocycles. The molecule has 0 heterocycles. The third-order valence-electron chi connectivity index (χ3n) is 4.74. The summed E-state index contributed by atoms with van der Waals surface area (Å²) in [6, 6.07) is 7.97. The van der Waals surface area contributed by atoms with Gasteiger partial charge in [0.05, 0.1) is 7.11 Å². The summed E-state index contributed by atoms with van der Waals surface area (Å²) in [6.45, 7) is 3.78. The van der Waals surface area contributed by atoms with E-state index in [1.165, 1.54) is 32.1 Å². The number of carbonyl (C=O) groups excluding carboxylic acids is 1. The smallest absolute Gasteiger partial charge is 0.251 e. The van der Waals surface area contributed by atoms with Crippen LogP contribution in [-0.2, 0) is 0 Å². The Morgan fingerprint density at radius 3 is 2.52 bits per heavy atom. The van der Waals surface area contributed by atoms with Gasteiger partial charge in [0.2, 0.25) is 0 Å². The van der Waals surface area contributed by atoms with Gasteiger partial charge in [0.25, 0.3) is 5.91 Å². The molecule has 1 amide bonds. The van der Waals surface area contributed by atoms with E-state index >= 15 is 0 Å². The zero-order valence-corrected chi connectivity index (χ0v) is 17.9. The molecule has 1 fully saturated rings. The third kappa shape index (κ3) is 10.8. The van der Waals surface area contributed by atoms with Gasteiger partial charge in [-0.05, 0) is 50.4 Å². The van der Waals surface area contributed by atoms with Crippen LogP contribution in [0, 0.1) is 0 Å². The van der Waals surface area contributed by atoms with Crippen molar-refractivity contribution in [3.05, 3.63) is 29.8 Å². The van der Waals surface area contributed by atoms with Gasteiger partial charge < -0.3 is 20.7 Å². The van der Waals surface area contributed by atoms with E-state index in [2.05, 4.69) is 16.0 Å². The molecule has 3 N–H and O–H groups in total. The lowest BCUT2D eigenvalue weighted by Crippen LogP contribution is -2.36. The van der Waals surface area contributed by atoms with Crippen LogP contribution < -0.4 is 20.7 Å². The Bertz CT molecular complexity index is 512. The lowest BCUT2D eigenvalue weighted by molar-refractivity contribution is 0.0952. The molecule has 0 aromatic heterocycles. The molecule has 1 aliphatic carbocycles. The second-order valence-electron chi connectivity index (χ2n) is 6.73. The van der Waals surface area contributed by atoms with Gasteiger partial charge in [-0.3, -0.25) is 4.79 Å². The fourth-order valence-electron chi connectivity index (χ4n) is 3.24. The van der Waals surface area contributed by atoms with Crippen LogP contribution in [0.3, 0.4) is 0 Å². The van der Waals surface area contributed by atoms with Crippen LogP contribution in [0.1, 0.15) is 55.3 Å². The number of nitrogens with one attached hydrogen (secondary N) is 3. The highest BCUT2D eigenvalue weighted by Gasteiger charge is 2.11. The van der Waals surface area contributed by atoms with Crippen molar-refractivity contribution in [3.63, 3.8) is 0 Å². The lowest BCUT2D eigenvalue weighted by Gasteiger charge is -2.22. The van der Waals surface area contributed by atoms with Gasteiger partial charge in [0.15, 0.2) is 0 Å². The Kier molecular flexibility index (Phi) is 15.4. The molecule has 0 aliphatic heterocycles. The van der Waals surface area contributed by atoms with Gasteiger partial charge in [-0.1, -0.05) is 25.3 Å². The molecule has 1 aromatic carbocycles. The summed E-state index contributed by atoms with van der Waals surface area (Å²) >= 11 is 0. The topological polar surface area (TPSA) is 62.4 Å². The standard InChI is InChI=1S/C20H33N3O2.2ClH/c1-25-19-11-7-8-17(16-19)20(24)23-13-6-5-12-21-14-15-22-18-9-3-2-4-10-18;;/h7-8,11,16,18,21-22H,2-6,9-10,12-15H2,1H3,(H,23,24);2*1H. The first-order chi connectivity index (χ1) is 12.3. The van der Waals surface area contributed by atoms with Gasteiger partial charge in [-0.25, -0.2) is 0 Å². The van der Waals surface area contributed by atoms with Crippen molar-refractivity contribution in [2.45, 2.75) is 51.0 Å². The van der Waals surface area contributed by atoms with E-state index < -0.39 is 0 Å². The molecule has 156 valence electrons. The van der Waals surface area contributed by atoms with Crippen LogP contribution in [0.25, 0.3) is 0 Å². The number of unbranched alkanes of at least 4 members (excludes halogenated alkanes) is 1. The minimum atomic E-state index is -0.0384. The van der Waals surface area contributed by atoms with E-state index in [0.717, 1.165) is 38.5 Å². The number of rotatable bonds is 11. The maximum Gasteiger partial charge on any atom is 0.251 e. The highest BCUT2D eigenvalue weighted by molar-refractivity contribution is 5.94. The summed E-state index contributed by atoms with van der Waals surface area (Å²) in [5.41, 5.74) is 0.645. The van der Waals surface area contributed by atoms with Crippen molar-refractivity contribution in [1.29, 1.82) is 0 Å². The maximum absolute atomic E-state index is 12.0. The van der Waals surface area contributed by atoms with Crippen LogP contribution in [0.15, 0.2) is 24.3 Å². The van der Waals surface area contributed by atoms with Crippen LogP contribution in [0.2, 0.25) is 0 Å². The number of ether oxygens (including phenoxy) is 1. The van der Waals surface area contributed by atoms with Gasteiger partial charge in [-0.15, -0.1) is 24.8 Å². The number of halogens is 2. The predicted molar refractivity (Wildman–Crippen MR) is 117 cm³/mol. The number of hydrogen-bond donors (Lipinski definition) is 3. The minimum Gasteiger partial charge on any atom is -0.497 e. The van der Waals surface area contributed by atoms with Crippen molar-refractivity contribution in [2.24, 2.45) is 0 Å². The van der Waals surface area contributed by atoms with E-state index in [1.54, 1.807) is 19.2 Å². The van der Waals surface area contributed by atoms with Crippen molar-refractivity contribution < 1.29 is 9.53 Å². The average molecular weight is 420 g/mol. The molecular weight excluding hydrogens is 385 g/mol. The Hall–Kier alpha value is -1.01. The zero-order chi connectivity index (χ0) is 17.7. The van der Waals surface area contributed by atoms with Gasteiger partial charge in [0.1, 0.15) is 5.75 Å². The largest absolute Gasteiger partial charge is 0.497 e. The third-order valence-corrected chi connectivity index (χ3v) is 4.74. The van der Waals surface area contributed by atoms with Crippen LogP contribution in [0.5, 0.6) is 5.75 Å². The Balaban J connectivity index is 0.00000338. The quantitative estimate of drug-likeness (QED) is 0.479. The van der Waals surface area contributed by atoms with Gasteiger partial charge >= 0.3 is 0 Å². The van der Waals surface area contributed by atoms with Crippen LogP contribution >= 0.6 is 24.8 Å². The summed E-state index contributed by atoms with van der Waals surface area (Å²) in [6.07, 6.45) is 8.91. The normalized spacial score (nSPS) is 14.0. The lowest BCUT2D eigenvalue weighted by atomic mass is 9.95. The van der Waals surface area contributed by atoms with Crippen LogP contribution in [0.4, 0.5) is 0 Å². The van der Waals surface area contributed by atoms with E-state index in [0.29, 0.717) is 17.9 Å². The van der Waals surface area contributed by atoms with E-state index in [-0.39, 0.29) is 30.7 Å². The summed E-state index contributed by atoms with van der Waals surface area (Å²) in [5.74, 6) is 0.669. The first kappa shape index (κ1) is 26.0. The molecule has 2 rings (SSSR count). The van der Waals surface area contributed by atoms with Gasteiger partial charge in [-0.2, -0.15) is 0 Å². The fraction of sp³-hybridized carbons (Fsp3) is 0.650. The van der Waals surface area contributed by atoms with E-state index in [1.807, 2.05) is 12.1 Å². The van der Waals surface area contributed by atoms with Gasteiger partial charge in [0, 0.05) is 31.2 Å². The first-order valence-electron chi connectivity index (χ1n) is 9.66. The number of amides is 1. The molecule has 0 atom stereocenters. The predicted octanol–water partition coefficient (Wildman–Crippen LogP) is 3.56. The summed E-state index contributed by atoms with van der Waals surface area (Å²) in [7, 11) is 1.61. The van der Waals surface area contributed by atoms with E-state index in [9.17, 15) is 4.79 Å². The average Bonchev–Trinajstić information content (AvgIpc) is 2.67. The Morgan fingerprint density at radius 1 is 1.04 bits per heavy atom. The highest BCUT2D eigenvalue weighted by Crippen LogP contribution is 2.16. The van der Waals surface area contributed by atoms with Crippen molar-refractivity contribution >= 4 is 30.7 Å². The SMILES string of the molecule is COc1cccc(C(=O)NCCCCNCCNC2CCCCC2)c1.Cl.Cl. The monoisotopic (exact) mass is 419 g/mol. The maximum atomic E-state index is 12.0. The molecule has 0 unspecified atom stereocenters. The second kappa shape index (κ2) is 16.0. The zero-order valence-electron chi connectivity index (χ0n) is 16.3. The summed E-state index contributed by atoms with van der Waals surface area (Å²) < 4.78 is 5.14. The molecule has 5 nitrogen and oxygen atoms in total. The van der Waals surface area contributed by atoms with Crippen molar-refractivity contribution in [2.75, 3.05) is 33.3 Å². The molecule has 0 bridgehead atoms. The fourth-order valence-corrected chi connectivity index (χ4v) is 3.24. The molecule has 1 aromatic rings. The van der Waals surface area contributed by atoms with E-state index in [4.69, 9.17) is 4.74 Å². The second-order valence-corrected chi connectivity index (χ2v) is 6.73. The first-order valence-corrected chi connectivity index (χ1v) is 9.66. The molecule has 0 radical (unpaired) electrons. The number of benzene rings is 1. The Labute approximate surface area is 176 Å². The number of hydrogen-bond acceptors (Lipinski definition) is 4. The highest BCUT2D eigenvalue weighted by atomic mass is 35.5. The van der Waals surface area contributed by atoms with Crippen molar-refractivity contribution in [1.82, 2.24) is 16.0 Å². The summed E-state index contributed by atoms with van der Waals surface area (Å²) in [4.78, 5) is 12.0. The number of carbonyl (C=O) groups is 1. The number of methoxy groups -OCH3 is 1. The minimum absolute atomic E-state index is 0. The molecule has 0 spiro atoms. The molecular formula is C20H35Cl2N3O2. The molecule has 27 heavy (non-hydrogen) atoms. The summed E-state index contributed by atoms with van der Waals surface area (Å²) in [5, 5.41) is 10.1. The van der Waals surface area contributed by atoms with Crippen molar-refractivity contribution in [3.8, 4) is 5.75 Å². The molecule has 1 saturated carbocycles. The molecule has 1 aliphatic rings. The molecule has 7 heteroatoms. The Morgan fingerprint density at radius 2 is 1.78 bits per heavy atom. The van der Waals surface area contributed by atoms with Crippen LogP contribution in [-0.4, -0.2) is 45.2 Å².